The van der Waals surface area contributed by atoms with Crippen LogP contribution in [0, 0.1) is 11.6 Å². The summed E-state index contributed by atoms with van der Waals surface area (Å²) in [7, 11) is -3.05. The molecule has 174 valence electrons. The Balaban J connectivity index is 1.51. The van der Waals surface area contributed by atoms with Gasteiger partial charge in [-0.2, -0.15) is 0 Å². The fourth-order valence-corrected chi connectivity index (χ4v) is 4.23. The maximum absolute atomic E-state index is 14.1. The predicted octanol–water partition coefficient (Wildman–Crippen LogP) is 3.56. The minimum absolute atomic E-state index is 0.00687. The van der Waals surface area contributed by atoms with E-state index in [4.69, 9.17) is 0 Å². The van der Waals surface area contributed by atoms with E-state index < -0.39 is 27.5 Å². The summed E-state index contributed by atoms with van der Waals surface area (Å²) in [6.07, 6.45) is 1.61. The normalized spacial score (nSPS) is 15.5. The van der Waals surface area contributed by atoms with Crippen LogP contribution < -0.4 is 16.0 Å². The maximum Gasteiger partial charge on any atom is 0.323 e. The fraction of sp³-hybridized carbons (Fsp3) is 0.409. The van der Waals surface area contributed by atoms with Crippen LogP contribution in [0.4, 0.5) is 25.0 Å². The highest BCUT2D eigenvalue weighted by Crippen LogP contribution is 2.19. The molecule has 2 amide bonds. The van der Waals surface area contributed by atoms with Crippen molar-refractivity contribution in [3.8, 4) is 0 Å². The first kappa shape index (κ1) is 24.1. The Kier molecular flexibility index (Phi) is 8.16. The molecule has 2 aromatic carbocycles. The number of urea groups is 1. The summed E-state index contributed by atoms with van der Waals surface area (Å²) in [5, 5.41) is 8.28. The number of hydrogen-bond acceptors (Lipinski definition) is 5. The highest BCUT2D eigenvalue weighted by Gasteiger charge is 2.21. The number of nitrogens with zero attached hydrogens (tertiary/aromatic N) is 1. The van der Waals surface area contributed by atoms with E-state index in [2.05, 4.69) is 20.9 Å². The Morgan fingerprint density at radius 2 is 1.66 bits per heavy atom. The average Bonchev–Trinajstić information content (AvgIpc) is 2.74. The topological polar surface area (TPSA) is 90.5 Å². The average molecular weight is 467 g/mol. The Labute approximate surface area is 187 Å². The van der Waals surface area contributed by atoms with Crippen LogP contribution in [0.1, 0.15) is 25.3 Å². The number of nitrogens with one attached hydrogen (secondary N) is 3. The molecule has 1 saturated heterocycles. The summed E-state index contributed by atoms with van der Waals surface area (Å²) in [4.78, 5) is 14.3. The van der Waals surface area contributed by atoms with Gasteiger partial charge in [0.05, 0.1) is 5.88 Å². The maximum atomic E-state index is 14.1. The molecule has 0 unspecified atom stereocenters. The quantitative estimate of drug-likeness (QED) is 0.554. The van der Waals surface area contributed by atoms with Gasteiger partial charge in [0.1, 0.15) is 11.6 Å². The summed E-state index contributed by atoms with van der Waals surface area (Å²) in [5.74, 6) is -0.749. The third kappa shape index (κ3) is 7.54. The lowest BCUT2D eigenvalue weighted by Crippen LogP contribution is -2.43. The van der Waals surface area contributed by atoms with Gasteiger partial charge < -0.3 is 16.0 Å². The van der Waals surface area contributed by atoms with Gasteiger partial charge in [0.2, 0.25) is 0 Å². The second-order valence-electron chi connectivity index (χ2n) is 7.87. The number of rotatable bonds is 8. The predicted molar refractivity (Wildman–Crippen MR) is 121 cm³/mol. The van der Waals surface area contributed by atoms with Crippen LogP contribution in [0.15, 0.2) is 42.5 Å². The molecule has 32 heavy (non-hydrogen) atoms. The lowest BCUT2D eigenvalue weighted by molar-refractivity contribution is 0.193. The van der Waals surface area contributed by atoms with Gasteiger partial charge in [-0.05, 0) is 74.0 Å². The van der Waals surface area contributed by atoms with Crippen molar-refractivity contribution in [3.63, 3.8) is 0 Å². The number of hydrogen-bond donors (Lipinski definition) is 3. The number of carbonyl (C=O) groups is 1. The Morgan fingerprint density at radius 3 is 2.31 bits per heavy atom. The molecule has 10 heteroatoms. The summed E-state index contributed by atoms with van der Waals surface area (Å²) in [6, 6.07) is 9.30. The van der Waals surface area contributed by atoms with Crippen molar-refractivity contribution in [2.45, 2.75) is 32.4 Å². The molecule has 1 aliphatic rings. The second-order valence-corrected chi connectivity index (χ2v) is 10.2. The third-order valence-corrected chi connectivity index (χ3v) is 6.83. The molecule has 0 spiro atoms. The zero-order chi connectivity index (χ0) is 23.1. The van der Waals surface area contributed by atoms with E-state index in [9.17, 15) is 22.0 Å². The molecule has 0 aliphatic carbocycles. The molecule has 1 fully saturated rings. The minimum Gasteiger partial charge on any atom is -0.308 e. The summed E-state index contributed by atoms with van der Waals surface area (Å²) in [5.41, 5.74) is 1.46. The van der Waals surface area contributed by atoms with Crippen LogP contribution in [0.2, 0.25) is 0 Å². The summed E-state index contributed by atoms with van der Waals surface area (Å²) < 4.78 is 50.4. The van der Waals surface area contributed by atoms with Crippen molar-refractivity contribution in [2.75, 3.05) is 35.4 Å². The summed E-state index contributed by atoms with van der Waals surface area (Å²) >= 11 is 0. The van der Waals surface area contributed by atoms with Gasteiger partial charge in [-0.3, -0.25) is 4.90 Å². The Morgan fingerprint density at radius 1 is 1.00 bits per heavy atom. The van der Waals surface area contributed by atoms with E-state index in [-0.39, 0.29) is 17.7 Å². The number of likely N-dealkylation sites (tertiary alicyclic amines) is 1. The molecule has 0 bridgehead atoms. The number of anilines is 2. The molecule has 0 saturated carbocycles. The van der Waals surface area contributed by atoms with Crippen LogP contribution in [0.5, 0.6) is 0 Å². The first-order valence-electron chi connectivity index (χ1n) is 10.5. The molecule has 0 aromatic heterocycles. The number of sulfone groups is 1. The van der Waals surface area contributed by atoms with Crippen LogP contribution in [-0.2, 0) is 16.4 Å². The first-order valence-corrected chi connectivity index (χ1v) is 12.3. The molecule has 3 rings (SSSR count). The Bertz CT molecular complexity index is 1020. The molecule has 2 aromatic rings. The van der Waals surface area contributed by atoms with Crippen molar-refractivity contribution in [3.05, 3.63) is 59.7 Å². The third-order valence-electron chi connectivity index (χ3n) is 5.34. The molecular formula is C22H28F2N4O3S. The largest absolute Gasteiger partial charge is 0.323 e. The van der Waals surface area contributed by atoms with Crippen LogP contribution in [0.3, 0.4) is 0 Å². The van der Waals surface area contributed by atoms with Gasteiger partial charge in [-0.1, -0.05) is 6.92 Å². The van der Waals surface area contributed by atoms with Crippen molar-refractivity contribution < 1.29 is 22.0 Å². The first-order chi connectivity index (χ1) is 15.2. The van der Waals surface area contributed by atoms with Gasteiger partial charge in [0.15, 0.2) is 9.84 Å². The number of benzene rings is 2. The minimum atomic E-state index is -3.05. The highest BCUT2D eigenvalue weighted by molar-refractivity contribution is 7.91. The lowest BCUT2D eigenvalue weighted by Gasteiger charge is -2.32. The van der Waals surface area contributed by atoms with Gasteiger partial charge >= 0.3 is 6.03 Å². The van der Waals surface area contributed by atoms with Crippen molar-refractivity contribution in [1.82, 2.24) is 10.2 Å². The zero-order valence-corrected chi connectivity index (χ0v) is 18.7. The second kappa shape index (κ2) is 10.8. The number of carbonyl (C=O) groups excluding carboxylic acids is 1. The van der Waals surface area contributed by atoms with Crippen LogP contribution >= 0.6 is 0 Å². The smallest absolute Gasteiger partial charge is 0.308 e. The number of halogens is 2. The standard InChI is InChI=1S/C22H28F2N4O3S/c1-2-32(30,31)15-25-19-7-9-28(10-8-19)14-16-11-18(24)13-21(12-16)27-22(29)26-20-5-3-17(23)4-6-20/h3-6,11-13,19,25H,2,7-10,14-15H2,1H3,(H2,26,27,29). The number of piperidine rings is 1. The zero-order valence-electron chi connectivity index (χ0n) is 17.9. The van der Waals surface area contributed by atoms with Crippen molar-refractivity contribution in [2.24, 2.45) is 0 Å². The van der Waals surface area contributed by atoms with Crippen molar-refractivity contribution in [1.29, 1.82) is 0 Å². The number of amides is 2. The SMILES string of the molecule is CCS(=O)(=O)CNC1CCN(Cc2cc(F)cc(NC(=O)Nc3ccc(F)cc3)c2)CC1. The van der Waals surface area contributed by atoms with Gasteiger partial charge in [-0.25, -0.2) is 22.0 Å². The molecule has 1 aliphatic heterocycles. The van der Waals surface area contributed by atoms with Gasteiger partial charge in [0, 0.05) is 29.7 Å². The molecule has 1 heterocycles. The van der Waals surface area contributed by atoms with Gasteiger partial charge in [-0.15, -0.1) is 0 Å². The van der Waals surface area contributed by atoms with E-state index in [0.717, 1.165) is 31.5 Å². The monoisotopic (exact) mass is 466 g/mol. The fourth-order valence-electron chi connectivity index (χ4n) is 3.54. The molecule has 3 N–H and O–H groups in total. The van der Waals surface area contributed by atoms with E-state index in [0.29, 0.717) is 17.9 Å². The van der Waals surface area contributed by atoms with E-state index in [1.807, 2.05) is 0 Å². The Hall–Kier alpha value is -2.56. The van der Waals surface area contributed by atoms with E-state index in [1.54, 1.807) is 13.0 Å². The van der Waals surface area contributed by atoms with Crippen LogP contribution in [0.25, 0.3) is 0 Å². The summed E-state index contributed by atoms with van der Waals surface area (Å²) in [6.45, 7) is 3.67. The molecule has 0 radical (unpaired) electrons. The van der Waals surface area contributed by atoms with E-state index in [1.165, 1.54) is 36.4 Å². The molecule has 7 nitrogen and oxygen atoms in total. The van der Waals surface area contributed by atoms with Crippen LogP contribution in [-0.4, -0.2) is 50.1 Å². The lowest BCUT2D eigenvalue weighted by atomic mass is 10.0. The molecule has 0 atom stereocenters. The van der Waals surface area contributed by atoms with E-state index >= 15 is 0 Å². The highest BCUT2D eigenvalue weighted by atomic mass is 32.2. The van der Waals surface area contributed by atoms with Crippen molar-refractivity contribution >= 4 is 27.2 Å². The molecular weight excluding hydrogens is 438 g/mol. The van der Waals surface area contributed by atoms with Gasteiger partial charge in [0.25, 0.3) is 0 Å².